The number of ether oxygens (including phenoxy) is 3. The molecule has 0 aliphatic heterocycles. The van der Waals surface area contributed by atoms with Gasteiger partial charge in [-0.1, -0.05) is 351 Å². The van der Waals surface area contributed by atoms with Gasteiger partial charge in [-0.15, -0.1) is 0 Å². The lowest BCUT2D eigenvalue weighted by Crippen LogP contribution is -2.30. The summed E-state index contributed by atoms with van der Waals surface area (Å²) >= 11 is 0. The molecule has 1 unspecified atom stereocenters. The summed E-state index contributed by atoms with van der Waals surface area (Å²) in [6.45, 7) is 6.58. The van der Waals surface area contributed by atoms with Gasteiger partial charge >= 0.3 is 17.9 Å². The highest BCUT2D eigenvalue weighted by atomic mass is 16.6. The van der Waals surface area contributed by atoms with Crippen LogP contribution in [-0.2, 0) is 28.6 Å². The lowest BCUT2D eigenvalue weighted by Gasteiger charge is -2.18. The van der Waals surface area contributed by atoms with E-state index in [0.29, 0.717) is 19.3 Å². The second-order valence-electron chi connectivity index (χ2n) is 24.8. The topological polar surface area (TPSA) is 78.9 Å². The Labute approximate surface area is 517 Å². The monoisotopic (exact) mass is 1160 g/mol. The lowest BCUT2D eigenvalue weighted by molar-refractivity contribution is -0.167. The molecule has 0 aromatic heterocycles. The molecule has 0 N–H and O–H groups in total. The van der Waals surface area contributed by atoms with E-state index < -0.39 is 6.10 Å². The van der Waals surface area contributed by atoms with Crippen molar-refractivity contribution in [1.82, 2.24) is 0 Å². The predicted octanol–water partition coefficient (Wildman–Crippen LogP) is 25.5. The number of rotatable bonds is 68. The maximum Gasteiger partial charge on any atom is 0.306 e. The summed E-state index contributed by atoms with van der Waals surface area (Å²) in [6.07, 6.45) is 92.6. The summed E-state index contributed by atoms with van der Waals surface area (Å²) in [7, 11) is 0. The first kappa shape index (κ1) is 80.1. The Morgan fingerprint density at radius 1 is 0.253 bits per heavy atom. The molecule has 0 fully saturated rings. The molecule has 0 heterocycles. The van der Waals surface area contributed by atoms with Crippen LogP contribution < -0.4 is 0 Å². The van der Waals surface area contributed by atoms with Gasteiger partial charge in [-0.2, -0.15) is 0 Å². The number of esters is 3. The minimum absolute atomic E-state index is 0.0762. The molecule has 0 bridgehead atoms. The highest BCUT2D eigenvalue weighted by Crippen LogP contribution is 2.19. The SMILES string of the molecule is CC/C=C\C/C=C\C/C=C\C/C=C\CCCCCCCCCCC(=O)OC(COC(=O)CCCCCCC/C=C\CCCCCCCCC)COC(=O)CCCCCCCCCCCCCCCCCCCCCCCCCCCCCC. The first-order valence-electron chi connectivity index (χ1n) is 36.8. The summed E-state index contributed by atoms with van der Waals surface area (Å²) in [5.41, 5.74) is 0. The molecule has 0 saturated heterocycles. The van der Waals surface area contributed by atoms with Gasteiger partial charge in [-0.25, -0.2) is 0 Å². The number of hydrogen-bond donors (Lipinski definition) is 0. The van der Waals surface area contributed by atoms with E-state index in [4.69, 9.17) is 14.2 Å². The van der Waals surface area contributed by atoms with Gasteiger partial charge in [0.2, 0.25) is 0 Å². The van der Waals surface area contributed by atoms with Gasteiger partial charge in [0.15, 0.2) is 6.10 Å². The minimum atomic E-state index is -0.783. The molecule has 1 atom stereocenters. The Morgan fingerprint density at radius 3 is 0.747 bits per heavy atom. The second kappa shape index (κ2) is 71.6. The molecule has 0 aromatic rings. The molecule has 6 nitrogen and oxygen atoms in total. The predicted molar refractivity (Wildman–Crippen MR) is 362 cm³/mol. The Bertz CT molecular complexity index is 1470. The number of allylic oxidation sites excluding steroid dienone is 10. The maximum absolute atomic E-state index is 13.0. The van der Waals surface area contributed by atoms with Crippen LogP contribution in [0, 0.1) is 0 Å². The van der Waals surface area contributed by atoms with Crippen LogP contribution in [0.4, 0.5) is 0 Å². The van der Waals surface area contributed by atoms with Gasteiger partial charge in [0.05, 0.1) is 0 Å². The summed E-state index contributed by atoms with van der Waals surface area (Å²) in [5.74, 6) is -0.867. The second-order valence-corrected chi connectivity index (χ2v) is 24.8. The molecule has 0 aliphatic carbocycles. The summed E-state index contributed by atoms with van der Waals surface area (Å²) in [5, 5.41) is 0. The van der Waals surface area contributed by atoms with E-state index in [2.05, 4.69) is 81.5 Å². The van der Waals surface area contributed by atoms with Gasteiger partial charge in [0.1, 0.15) is 13.2 Å². The van der Waals surface area contributed by atoms with E-state index in [9.17, 15) is 14.4 Å². The molecule has 0 rings (SSSR count). The Hall–Kier alpha value is -2.89. The van der Waals surface area contributed by atoms with Crippen LogP contribution >= 0.6 is 0 Å². The van der Waals surface area contributed by atoms with Gasteiger partial charge < -0.3 is 14.2 Å². The number of carbonyl (C=O) groups is 3. The van der Waals surface area contributed by atoms with Crippen LogP contribution in [0.2, 0.25) is 0 Å². The zero-order chi connectivity index (χ0) is 59.9. The largest absolute Gasteiger partial charge is 0.462 e. The van der Waals surface area contributed by atoms with Crippen molar-refractivity contribution >= 4 is 17.9 Å². The van der Waals surface area contributed by atoms with Crippen molar-refractivity contribution in [2.75, 3.05) is 13.2 Å². The molecule has 0 aromatic carbocycles. The van der Waals surface area contributed by atoms with Crippen LogP contribution in [0.3, 0.4) is 0 Å². The Morgan fingerprint density at radius 2 is 0.470 bits per heavy atom. The first-order valence-corrected chi connectivity index (χ1v) is 36.8. The molecule has 6 heteroatoms. The molecular formula is C77H140O6. The van der Waals surface area contributed by atoms with E-state index in [1.807, 2.05) is 0 Å². The first-order chi connectivity index (χ1) is 41.0. The lowest BCUT2D eigenvalue weighted by atomic mass is 10.0. The van der Waals surface area contributed by atoms with Crippen LogP contribution in [0.5, 0.6) is 0 Å². The van der Waals surface area contributed by atoms with Crippen molar-refractivity contribution < 1.29 is 28.6 Å². The maximum atomic E-state index is 13.0. The summed E-state index contributed by atoms with van der Waals surface area (Å²) < 4.78 is 17.0. The average Bonchev–Trinajstić information content (AvgIpc) is 3.50. The van der Waals surface area contributed by atoms with Gasteiger partial charge in [0.25, 0.3) is 0 Å². The van der Waals surface area contributed by atoms with E-state index in [1.165, 1.54) is 257 Å². The molecule has 0 spiro atoms. The smallest absolute Gasteiger partial charge is 0.306 e. The standard InChI is InChI=1S/C77H140O6/c1-4-7-10-13-16-19-22-25-28-31-33-35-36-37-38-39-40-41-43-44-46-49-52-55-58-61-64-67-70-76(79)82-73-74(72-81-75(78)69-66-63-60-57-54-51-48-30-27-24-21-18-15-12-9-6-3)83-77(80)71-68-65-62-59-56-53-50-47-45-42-34-32-29-26-23-20-17-14-11-8-5-2/h8,11,17,20,26,29-30,34,42,48,74H,4-7,9-10,12-16,18-19,21-25,27-28,31-33,35-41,43-47,49-73H2,1-3H3/b11-8-,20-17-,29-26-,42-34-,48-30-. The summed E-state index contributed by atoms with van der Waals surface area (Å²) in [4.78, 5) is 38.5. The molecular weight excluding hydrogens is 1020 g/mol. The number of unbranched alkanes of at least 4 members (excludes halogenated alkanes) is 47. The zero-order valence-corrected chi connectivity index (χ0v) is 55.7. The van der Waals surface area contributed by atoms with Crippen molar-refractivity contribution in [2.45, 2.75) is 399 Å². The third-order valence-corrected chi connectivity index (χ3v) is 16.5. The van der Waals surface area contributed by atoms with Crippen molar-refractivity contribution in [3.63, 3.8) is 0 Å². The molecule has 0 aliphatic rings. The van der Waals surface area contributed by atoms with Crippen molar-refractivity contribution in [3.05, 3.63) is 60.8 Å². The molecule has 83 heavy (non-hydrogen) atoms. The highest BCUT2D eigenvalue weighted by Gasteiger charge is 2.19. The third kappa shape index (κ3) is 69.8. The fourth-order valence-corrected chi connectivity index (χ4v) is 11.0. The van der Waals surface area contributed by atoms with Crippen molar-refractivity contribution in [2.24, 2.45) is 0 Å². The number of carbonyl (C=O) groups excluding carboxylic acids is 3. The zero-order valence-electron chi connectivity index (χ0n) is 55.7. The van der Waals surface area contributed by atoms with E-state index in [1.54, 1.807) is 0 Å². The van der Waals surface area contributed by atoms with E-state index in [0.717, 1.165) is 96.3 Å². The quantitative estimate of drug-likeness (QED) is 0.0261. The number of hydrogen-bond acceptors (Lipinski definition) is 6. The molecule has 0 radical (unpaired) electrons. The van der Waals surface area contributed by atoms with Gasteiger partial charge in [-0.3, -0.25) is 14.4 Å². The Balaban J connectivity index is 4.27. The normalized spacial score (nSPS) is 12.4. The van der Waals surface area contributed by atoms with Crippen molar-refractivity contribution in [1.29, 1.82) is 0 Å². The van der Waals surface area contributed by atoms with Crippen LogP contribution in [-0.4, -0.2) is 37.2 Å². The highest BCUT2D eigenvalue weighted by molar-refractivity contribution is 5.71. The van der Waals surface area contributed by atoms with Crippen LogP contribution in [0.1, 0.15) is 393 Å². The van der Waals surface area contributed by atoms with E-state index in [-0.39, 0.29) is 31.1 Å². The Kier molecular flexibility index (Phi) is 69.1. The molecule has 484 valence electrons. The minimum Gasteiger partial charge on any atom is -0.462 e. The van der Waals surface area contributed by atoms with Gasteiger partial charge in [0, 0.05) is 19.3 Å². The van der Waals surface area contributed by atoms with E-state index >= 15 is 0 Å². The van der Waals surface area contributed by atoms with Crippen LogP contribution in [0.15, 0.2) is 60.8 Å². The molecule has 0 amide bonds. The average molecular weight is 1160 g/mol. The molecule has 0 saturated carbocycles. The third-order valence-electron chi connectivity index (χ3n) is 16.5. The summed E-state index contributed by atoms with van der Waals surface area (Å²) in [6, 6.07) is 0. The van der Waals surface area contributed by atoms with Crippen molar-refractivity contribution in [3.8, 4) is 0 Å². The fraction of sp³-hybridized carbons (Fsp3) is 0.831. The van der Waals surface area contributed by atoms with Gasteiger partial charge in [-0.05, 0) is 83.5 Å². The van der Waals surface area contributed by atoms with Crippen LogP contribution in [0.25, 0.3) is 0 Å². The fourth-order valence-electron chi connectivity index (χ4n) is 11.0.